The lowest BCUT2D eigenvalue weighted by Crippen LogP contribution is -2.55. The van der Waals surface area contributed by atoms with Crippen LogP contribution in [0.2, 0.25) is 0 Å². The maximum absolute atomic E-state index is 5.92. The van der Waals surface area contributed by atoms with Crippen molar-refractivity contribution in [1.82, 2.24) is 4.90 Å². The molecular formula is C13H26N2O. The van der Waals surface area contributed by atoms with Gasteiger partial charge in [0, 0.05) is 31.3 Å². The van der Waals surface area contributed by atoms with Gasteiger partial charge in [-0.1, -0.05) is 6.42 Å². The summed E-state index contributed by atoms with van der Waals surface area (Å²) in [4.78, 5) is 2.70. The molecule has 4 atom stereocenters. The number of ether oxygens (including phenoxy) is 1. The van der Waals surface area contributed by atoms with E-state index >= 15 is 0 Å². The molecule has 2 N–H and O–H groups in total. The monoisotopic (exact) mass is 226 g/mol. The molecule has 16 heavy (non-hydrogen) atoms. The van der Waals surface area contributed by atoms with E-state index in [9.17, 15) is 0 Å². The van der Waals surface area contributed by atoms with E-state index in [1.54, 1.807) is 0 Å². The topological polar surface area (TPSA) is 38.5 Å². The minimum atomic E-state index is 0.423. The zero-order valence-electron chi connectivity index (χ0n) is 10.7. The van der Waals surface area contributed by atoms with E-state index in [1.807, 2.05) is 0 Å². The van der Waals surface area contributed by atoms with Gasteiger partial charge in [0.25, 0.3) is 0 Å². The van der Waals surface area contributed by atoms with Crippen LogP contribution in [-0.4, -0.2) is 42.3 Å². The fourth-order valence-corrected chi connectivity index (χ4v) is 3.45. The Kier molecular flexibility index (Phi) is 4.22. The summed E-state index contributed by atoms with van der Waals surface area (Å²) in [5, 5.41) is 0. The maximum Gasteiger partial charge on any atom is 0.0561 e. The lowest BCUT2D eigenvalue weighted by molar-refractivity contribution is -0.0491. The molecule has 2 saturated heterocycles. The van der Waals surface area contributed by atoms with Gasteiger partial charge in [-0.3, -0.25) is 4.90 Å². The fourth-order valence-electron chi connectivity index (χ4n) is 3.45. The van der Waals surface area contributed by atoms with Gasteiger partial charge in [0.15, 0.2) is 0 Å². The predicted molar refractivity (Wildman–Crippen MR) is 66.4 cm³/mol. The van der Waals surface area contributed by atoms with Gasteiger partial charge in [-0.2, -0.15) is 0 Å². The van der Waals surface area contributed by atoms with Crippen molar-refractivity contribution < 1.29 is 4.74 Å². The molecule has 2 heterocycles. The van der Waals surface area contributed by atoms with Crippen LogP contribution in [0.3, 0.4) is 0 Å². The number of rotatable bonds is 2. The summed E-state index contributed by atoms with van der Waals surface area (Å²) < 4.78 is 5.65. The van der Waals surface area contributed by atoms with Crippen molar-refractivity contribution in [2.45, 2.75) is 70.2 Å². The standard InChI is InChI=1S/C13H26N2O/c1-10-4-3-5-13(9-14)15(10)12-6-7-16-11(2)8-12/h10-13H,3-9,14H2,1-2H3. The second-order valence-corrected chi connectivity index (χ2v) is 5.48. The molecule has 0 spiro atoms. The molecule has 0 amide bonds. The second-order valence-electron chi connectivity index (χ2n) is 5.48. The summed E-state index contributed by atoms with van der Waals surface area (Å²) in [7, 11) is 0. The van der Waals surface area contributed by atoms with E-state index < -0.39 is 0 Å². The van der Waals surface area contributed by atoms with Crippen LogP contribution < -0.4 is 5.73 Å². The first kappa shape index (κ1) is 12.3. The molecule has 94 valence electrons. The summed E-state index contributed by atoms with van der Waals surface area (Å²) in [6.45, 7) is 6.29. The van der Waals surface area contributed by atoms with Crippen LogP contribution in [0, 0.1) is 0 Å². The highest BCUT2D eigenvalue weighted by Gasteiger charge is 2.34. The van der Waals surface area contributed by atoms with Crippen LogP contribution in [0.5, 0.6) is 0 Å². The van der Waals surface area contributed by atoms with E-state index in [-0.39, 0.29) is 0 Å². The molecule has 0 aromatic heterocycles. The van der Waals surface area contributed by atoms with Crippen LogP contribution in [0.1, 0.15) is 46.0 Å². The van der Waals surface area contributed by atoms with Crippen molar-refractivity contribution in [3.05, 3.63) is 0 Å². The van der Waals surface area contributed by atoms with Crippen LogP contribution in [0.15, 0.2) is 0 Å². The molecule has 2 aliphatic rings. The number of hydrogen-bond donors (Lipinski definition) is 1. The summed E-state index contributed by atoms with van der Waals surface area (Å²) >= 11 is 0. The molecular weight excluding hydrogens is 200 g/mol. The maximum atomic E-state index is 5.92. The van der Waals surface area contributed by atoms with Crippen LogP contribution in [-0.2, 0) is 4.74 Å². The fraction of sp³-hybridized carbons (Fsp3) is 1.00. The molecule has 3 nitrogen and oxygen atoms in total. The minimum absolute atomic E-state index is 0.423. The van der Waals surface area contributed by atoms with Crippen molar-refractivity contribution in [3.8, 4) is 0 Å². The highest BCUT2D eigenvalue weighted by molar-refractivity contribution is 4.89. The quantitative estimate of drug-likeness (QED) is 0.779. The highest BCUT2D eigenvalue weighted by atomic mass is 16.5. The third kappa shape index (κ3) is 2.58. The third-order valence-corrected chi connectivity index (χ3v) is 4.24. The smallest absolute Gasteiger partial charge is 0.0561 e. The summed E-state index contributed by atoms with van der Waals surface area (Å²) in [5.74, 6) is 0. The van der Waals surface area contributed by atoms with E-state index in [4.69, 9.17) is 10.5 Å². The average Bonchev–Trinajstić information content (AvgIpc) is 2.28. The van der Waals surface area contributed by atoms with E-state index in [2.05, 4.69) is 18.7 Å². The summed E-state index contributed by atoms with van der Waals surface area (Å²) in [5.41, 5.74) is 5.92. The second kappa shape index (κ2) is 5.48. The number of likely N-dealkylation sites (tertiary alicyclic amines) is 1. The number of nitrogens with two attached hydrogens (primary N) is 1. The first-order valence-electron chi connectivity index (χ1n) is 6.81. The molecule has 0 aromatic carbocycles. The first-order chi connectivity index (χ1) is 7.72. The molecule has 3 heteroatoms. The zero-order chi connectivity index (χ0) is 11.5. The van der Waals surface area contributed by atoms with E-state index in [0.29, 0.717) is 24.2 Å². The van der Waals surface area contributed by atoms with E-state index in [0.717, 1.165) is 13.2 Å². The van der Waals surface area contributed by atoms with Crippen molar-refractivity contribution >= 4 is 0 Å². The Morgan fingerprint density at radius 3 is 2.75 bits per heavy atom. The van der Waals surface area contributed by atoms with Gasteiger partial charge in [0.2, 0.25) is 0 Å². The lowest BCUT2D eigenvalue weighted by Gasteiger charge is -2.47. The van der Waals surface area contributed by atoms with Crippen LogP contribution in [0.4, 0.5) is 0 Å². The molecule has 2 fully saturated rings. The predicted octanol–water partition coefficient (Wildman–Crippen LogP) is 1.76. The molecule has 0 bridgehead atoms. The van der Waals surface area contributed by atoms with Crippen LogP contribution in [0.25, 0.3) is 0 Å². The highest BCUT2D eigenvalue weighted by Crippen LogP contribution is 2.29. The average molecular weight is 226 g/mol. The van der Waals surface area contributed by atoms with Gasteiger partial charge >= 0.3 is 0 Å². The van der Waals surface area contributed by atoms with Gasteiger partial charge in [0.1, 0.15) is 0 Å². The third-order valence-electron chi connectivity index (χ3n) is 4.24. The minimum Gasteiger partial charge on any atom is -0.378 e. The summed E-state index contributed by atoms with van der Waals surface area (Å²) in [6, 6.07) is 2.02. The Balaban J connectivity index is 2.02. The summed E-state index contributed by atoms with van der Waals surface area (Å²) in [6.07, 6.45) is 6.75. The molecule has 2 rings (SSSR count). The van der Waals surface area contributed by atoms with Crippen LogP contribution >= 0.6 is 0 Å². The van der Waals surface area contributed by atoms with Gasteiger partial charge in [-0.05, 0) is 39.5 Å². The normalized spacial score (nSPS) is 42.2. The van der Waals surface area contributed by atoms with Crippen molar-refractivity contribution in [1.29, 1.82) is 0 Å². The SMILES string of the molecule is CC1CC(N2C(C)CCCC2CN)CCO1. The van der Waals surface area contributed by atoms with E-state index in [1.165, 1.54) is 32.1 Å². The Hall–Kier alpha value is -0.120. The van der Waals surface area contributed by atoms with Gasteiger partial charge < -0.3 is 10.5 Å². The lowest BCUT2D eigenvalue weighted by atomic mass is 9.91. The zero-order valence-corrected chi connectivity index (χ0v) is 10.7. The number of hydrogen-bond acceptors (Lipinski definition) is 3. The van der Waals surface area contributed by atoms with Gasteiger partial charge in [-0.15, -0.1) is 0 Å². The number of piperidine rings is 1. The Morgan fingerprint density at radius 2 is 2.06 bits per heavy atom. The molecule has 0 radical (unpaired) electrons. The van der Waals surface area contributed by atoms with Crippen molar-refractivity contribution in [3.63, 3.8) is 0 Å². The molecule has 4 unspecified atom stereocenters. The molecule has 0 saturated carbocycles. The Labute approximate surface area is 99.3 Å². The Bertz CT molecular complexity index is 222. The van der Waals surface area contributed by atoms with Crippen molar-refractivity contribution in [2.24, 2.45) is 5.73 Å². The van der Waals surface area contributed by atoms with Gasteiger partial charge in [-0.25, -0.2) is 0 Å². The number of nitrogens with zero attached hydrogens (tertiary/aromatic N) is 1. The van der Waals surface area contributed by atoms with Gasteiger partial charge in [0.05, 0.1) is 6.10 Å². The Morgan fingerprint density at radius 1 is 1.25 bits per heavy atom. The largest absolute Gasteiger partial charge is 0.378 e. The first-order valence-corrected chi connectivity index (χ1v) is 6.81. The molecule has 2 aliphatic heterocycles. The molecule has 0 aliphatic carbocycles. The van der Waals surface area contributed by atoms with Crippen molar-refractivity contribution in [2.75, 3.05) is 13.2 Å². The molecule has 0 aromatic rings.